The van der Waals surface area contributed by atoms with Crippen LogP contribution in [0, 0.1) is 0 Å². The van der Waals surface area contributed by atoms with E-state index in [-0.39, 0.29) is 24.8 Å². The zero-order valence-corrected chi connectivity index (χ0v) is 16.3. The molecule has 3 amide bonds. The molecule has 3 rings (SSSR count). The molecule has 2 aromatic carbocycles. The largest absolute Gasteiger partial charge is 0.441 e. The van der Waals surface area contributed by atoms with Gasteiger partial charge in [0.1, 0.15) is 0 Å². The summed E-state index contributed by atoms with van der Waals surface area (Å²) in [5.41, 5.74) is 7.19. The van der Waals surface area contributed by atoms with E-state index in [0.717, 1.165) is 11.1 Å². The molecule has 8 nitrogen and oxygen atoms in total. The number of nitrogens with one attached hydrogen (secondary N) is 2. The monoisotopic (exact) mass is 406 g/mol. The molecule has 0 saturated carbocycles. The summed E-state index contributed by atoms with van der Waals surface area (Å²) in [6.07, 6.45) is 2.31. The molecule has 0 bridgehead atoms. The molecule has 0 atom stereocenters. The van der Waals surface area contributed by atoms with Crippen LogP contribution in [0.5, 0.6) is 0 Å². The van der Waals surface area contributed by atoms with Gasteiger partial charge in [0.25, 0.3) is 5.91 Å². The Morgan fingerprint density at radius 1 is 0.967 bits per heavy atom. The second kappa shape index (κ2) is 10.0. The van der Waals surface area contributed by atoms with Gasteiger partial charge in [-0.1, -0.05) is 42.5 Å². The second-order valence-corrected chi connectivity index (χ2v) is 6.61. The molecule has 0 spiro atoms. The number of carbonyl (C=O) groups is 3. The van der Waals surface area contributed by atoms with Crippen molar-refractivity contribution in [2.45, 2.75) is 19.4 Å². The van der Waals surface area contributed by atoms with Gasteiger partial charge in [0.2, 0.25) is 11.8 Å². The molecule has 0 aliphatic carbocycles. The zero-order valence-electron chi connectivity index (χ0n) is 16.3. The third kappa shape index (κ3) is 6.03. The maximum absolute atomic E-state index is 12.1. The Labute approximate surface area is 173 Å². The van der Waals surface area contributed by atoms with Crippen molar-refractivity contribution in [3.05, 3.63) is 77.8 Å². The van der Waals surface area contributed by atoms with Gasteiger partial charge in [0.05, 0.1) is 12.7 Å². The number of carbonyl (C=O) groups excluding carboxylic acids is 3. The van der Waals surface area contributed by atoms with Gasteiger partial charge in [-0.3, -0.25) is 14.4 Å². The molecule has 3 aromatic rings. The van der Waals surface area contributed by atoms with E-state index in [1.807, 2.05) is 30.3 Å². The Bertz CT molecular complexity index is 1010. The summed E-state index contributed by atoms with van der Waals surface area (Å²) in [4.78, 5) is 38.9. The number of nitrogens with zero attached hydrogens (tertiary/aromatic N) is 1. The fourth-order valence-electron chi connectivity index (χ4n) is 2.71. The average molecular weight is 406 g/mol. The summed E-state index contributed by atoms with van der Waals surface area (Å²) in [7, 11) is 0. The first-order valence-corrected chi connectivity index (χ1v) is 9.43. The topological polar surface area (TPSA) is 127 Å². The molecule has 1 heterocycles. The first-order chi connectivity index (χ1) is 14.5. The van der Waals surface area contributed by atoms with Crippen LogP contribution < -0.4 is 16.4 Å². The first-order valence-electron chi connectivity index (χ1n) is 9.43. The van der Waals surface area contributed by atoms with E-state index in [0.29, 0.717) is 30.2 Å². The maximum atomic E-state index is 12.1. The Balaban J connectivity index is 1.43. The normalized spacial score (nSPS) is 10.4. The predicted octanol–water partition coefficient (Wildman–Crippen LogP) is 1.81. The highest BCUT2D eigenvalue weighted by atomic mass is 16.4. The Morgan fingerprint density at radius 2 is 1.70 bits per heavy atom. The van der Waals surface area contributed by atoms with Crippen LogP contribution in [0.25, 0.3) is 11.3 Å². The molecular formula is C22H22N4O4. The number of oxazole rings is 1. The molecule has 0 radical (unpaired) electrons. The third-order valence-electron chi connectivity index (χ3n) is 4.31. The van der Waals surface area contributed by atoms with Crippen molar-refractivity contribution in [1.82, 2.24) is 15.6 Å². The number of primary amides is 1. The molecule has 1 aromatic heterocycles. The Hall–Kier alpha value is -3.94. The van der Waals surface area contributed by atoms with Crippen LogP contribution in [0.15, 0.2) is 65.2 Å². The van der Waals surface area contributed by atoms with Gasteiger partial charge in [-0.15, -0.1) is 0 Å². The van der Waals surface area contributed by atoms with Gasteiger partial charge in [-0.25, -0.2) is 4.98 Å². The number of aryl methyl sites for hydroxylation is 1. The zero-order chi connectivity index (χ0) is 21.3. The molecule has 0 aliphatic rings. The van der Waals surface area contributed by atoms with E-state index < -0.39 is 5.91 Å². The fraction of sp³-hybridized carbons (Fsp3) is 0.182. The van der Waals surface area contributed by atoms with E-state index in [4.69, 9.17) is 10.2 Å². The minimum Gasteiger partial charge on any atom is -0.441 e. The number of hydrogen-bond donors (Lipinski definition) is 3. The molecule has 0 unspecified atom stereocenters. The highest BCUT2D eigenvalue weighted by Gasteiger charge is 2.10. The van der Waals surface area contributed by atoms with Gasteiger partial charge in [-0.2, -0.15) is 0 Å². The maximum Gasteiger partial charge on any atom is 0.251 e. The van der Waals surface area contributed by atoms with Gasteiger partial charge >= 0.3 is 0 Å². The second-order valence-electron chi connectivity index (χ2n) is 6.61. The molecular weight excluding hydrogens is 384 g/mol. The van der Waals surface area contributed by atoms with Crippen molar-refractivity contribution >= 4 is 17.7 Å². The van der Waals surface area contributed by atoms with Crippen LogP contribution in [0.3, 0.4) is 0 Å². The van der Waals surface area contributed by atoms with Gasteiger partial charge in [0, 0.05) is 30.5 Å². The quantitative estimate of drug-likeness (QED) is 0.499. The molecule has 0 fully saturated rings. The van der Waals surface area contributed by atoms with E-state index in [1.165, 1.54) is 0 Å². The lowest BCUT2D eigenvalue weighted by Gasteiger charge is -2.06. The molecule has 30 heavy (non-hydrogen) atoms. The summed E-state index contributed by atoms with van der Waals surface area (Å²) in [5, 5.41) is 5.24. The summed E-state index contributed by atoms with van der Waals surface area (Å²) < 4.78 is 5.70. The highest BCUT2D eigenvalue weighted by molar-refractivity contribution is 5.96. The van der Waals surface area contributed by atoms with Crippen molar-refractivity contribution in [3.63, 3.8) is 0 Å². The van der Waals surface area contributed by atoms with Gasteiger partial charge < -0.3 is 20.8 Å². The van der Waals surface area contributed by atoms with Crippen LogP contribution >= 0.6 is 0 Å². The average Bonchev–Trinajstić information content (AvgIpc) is 3.24. The fourth-order valence-corrected chi connectivity index (χ4v) is 2.71. The van der Waals surface area contributed by atoms with Crippen molar-refractivity contribution in [2.24, 2.45) is 5.73 Å². The van der Waals surface area contributed by atoms with Crippen molar-refractivity contribution in [1.29, 1.82) is 0 Å². The lowest BCUT2D eigenvalue weighted by atomic mass is 10.1. The highest BCUT2D eigenvalue weighted by Crippen LogP contribution is 2.20. The molecule has 0 aliphatic heterocycles. The van der Waals surface area contributed by atoms with Crippen molar-refractivity contribution in [2.75, 3.05) is 6.54 Å². The van der Waals surface area contributed by atoms with Gasteiger partial charge in [0.15, 0.2) is 11.7 Å². The van der Waals surface area contributed by atoms with Crippen molar-refractivity contribution in [3.8, 4) is 11.3 Å². The molecule has 154 valence electrons. The van der Waals surface area contributed by atoms with Crippen LogP contribution in [-0.2, 0) is 22.6 Å². The number of aromatic nitrogens is 1. The van der Waals surface area contributed by atoms with Crippen molar-refractivity contribution < 1.29 is 18.8 Å². The van der Waals surface area contributed by atoms with Crippen LogP contribution in [0.2, 0.25) is 0 Å². The number of benzene rings is 2. The van der Waals surface area contributed by atoms with Crippen LogP contribution in [0.4, 0.5) is 0 Å². The minimum atomic E-state index is -0.608. The molecule has 4 N–H and O–H groups in total. The lowest BCUT2D eigenvalue weighted by molar-refractivity contribution is -0.121. The Morgan fingerprint density at radius 3 is 2.40 bits per heavy atom. The summed E-state index contributed by atoms with van der Waals surface area (Å²) in [6.45, 7) is 0.122. The minimum absolute atomic E-state index is 0.127. The van der Waals surface area contributed by atoms with E-state index in [1.54, 1.807) is 30.5 Å². The molecule has 8 heteroatoms. The first kappa shape index (κ1) is 20.8. The predicted molar refractivity (Wildman–Crippen MR) is 110 cm³/mol. The SMILES string of the molecule is NC(=O)CNC(=O)c1ccc(CNC(=O)CCc2ncc(-c3ccccc3)o2)cc1. The van der Waals surface area contributed by atoms with Crippen LogP contribution in [-0.4, -0.2) is 29.3 Å². The smallest absolute Gasteiger partial charge is 0.251 e. The van der Waals surface area contributed by atoms with Crippen LogP contribution in [0.1, 0.15) is 28.2 Å². The summed E-state index contributed by atoms with van der Waals surface area (Å²) in [6, 6.07) is 16.4. The summed E-state index contributed by atoms with van der Waals surface area (Å²) in [5.74, 6) is 0.0629. The Kier molecular flexibility index (Phi) is 6.94. The molecule has 0 saturated heterocycles. The van der Waals surface area contributed by atoms with E-state index in [2.05, 4.69) is 15.6 Å². The van der Waals surface area contributed by atoms with E-state index in [9.17, 15) is 14.4 Å². The standard InChI is InChI=1S/C22H22N4O4/c23-19(27)14-26-22(29)17-8-6-15(7-9-17)12-24-20(28)10-11-21-25-13-18(30-21)16-4-2-1-3-5-16/h1-9,13H,10-12,14H2,(H2,23,27)(H,24,28)(H,26,29). The van der Waals surface area contributed by atoms with Gasteiger partial charge in [-0.05, 0) is 17.7 Å². The van der Waals surface area contributed by atoms with E-state index >= 15 is 0 Å². The number of amides is 3. The lowest BCUT2D eigenvalue weighted by Crippen LogP contribution is -2.33. The summed E-state index contributed by atoms with van der Waals surface area (Å²) >= 11 is 0. The number of hydrogen-bond acceptors (Lipinski definition) is 5. The number of rotatable bonds is 9. The third-order valence-corrected chi connectivity index (χ3v) is 4.31. The number of nitrogens with two attached hydrogens (primary N) is 1.